The molecule has 0 aliphatic carbocycles. The van der Waals surface area contributed by atoms with Crippen molar-refractivity contribution in [3.05, 3.63) is 52.1 Å². The van der Waals surface area contributed by atoms with Crippen molar-refractivity contribution in [3.8, 4) is 11.6 Å². The summed E-state index contributed by atoms with van der Waals surface area (Å²) in [6.07, 6.45) is 1.60. The highest BCUT2D eigenvalue weighted by Gasteiger charge is 2.33. The molecule has 1 aliphatic heterocycles. The van der Waals surface area contributed by atoms with Gasteiger partial charge in [-0.25, -0.2) is 9.97 Å². The molecule has 1 saturated heterocycles. The first-order valence-corrected chi connectivity index (χ1v) is 11.1. The maximum Gasteiger partial charge on any atom is 0.281 e. The molecule has 1 aliphatic rings. The van der Waals surface area contributed by atoms with Gasteiger partial charge in [-0.3, -0.25) is 14.2 Å². The van der Waals surface area contributed by atoms with Gasteiger partial charge in [0.15, 0.2) is 21.3 Å². The van der Waals surface area contributed by atoms with Crippen molar-refractivity contribution in [2.45, 2.75) is 32.4 Å². The van der Waals surface area contributed by atoms with E-state index in [-0.39, 0.29) is 28.8 Å². The van der Waals surface area contributed by atoms with Gasteiger partial charge in [-0.1, -0.05) is 46.8 Å². The third-order valence-electron chi connectivity index (χ3n) is 5.47. The number of nitrogens with zero attached hydrogens (tertiary/aromatic N) is 6. The molecule has 5 rings (SSSR count). The maximum atomic E-state index is 12.9. The maximum absolute atomic E-state index is 12.9. The normalized spacial score (nSPS) is 16.1. The average Bonchev–Trinajstić information content (AvgIpc) is 3.54. The lowest BCUT2D eigenvalue weighted by atomic mass is 10.2. The van der Waals surface area contributed by atoms with Crippen LogP contribution in [-0.4, -0.2) is 43.2 Å². The number of rotatable bonds is 5. The quantitative estimate of drug-likeness (QED) is 0.490. The van der Waals surface area contributed by atoms with Crippen molar-refractivity contribution >= 4 is 32.7 Å². The second-order valence-electron chi connectivity index (χ2n) is 7.64. The van der Waals surface area contributed by atoms with Gasteiger partial charge >= 0.3 is 0 Å². The molecule has 11 heteroatoms. The van der Waals surface area contributed by atoms with E-state index >= 15 is 0 Å². The number of amides is 1. The zero-order valence-electron chi connectivity index (χ0n) is 17.6. The van der Waals surface area contributed by atoms with Crippen LogP contribution in [0.5, 0.6) is 0 Å². The molecular weight excluding hydrogens is 430 g/mol. The molecule has 4 aromatic rings. The standard InChI is InChI=1S/C21H21N7O3S/c1-12-23-16(26-31-12)17-25-19-15(20(30)27(17)2)24-21(32-19)28-10-6-9-14(28)18(29)22-11-13-7-4-3-5-8-13/h3-5,7-8,14H,6,9-11H2,1-2H3,(H,22,29)/t14-/m1/s1. The molecule has 1 atom stereocenters. The number of carbonyl (C=O) groups excluding carboxylic acids is 1. The van der Waals surface area contributed by atoms with Gasteiger partial charge < -0.3 is 14.7 Å². The fraction of sp³-hybridized carbons (Fsp3) is 0.333. The number of aromatic nitrogens is 5. The number of benzene rings is 1. The van der Waals surface area contributed by atoms with Crippen LogP contribution in [0.25, 0.3) is 22.0 Å². The van der Waals surface area contributed by atoms with Gasteiger partial charge in [-0.2, -0.15) is 4.98 Å². The Morgan fingerprint density at radius 2 is 2.06 bits per heavy atom. The van der Waals surface area contributed by atoms with Gasteiger partial charge in [0.2, 0.25) is 17.6 Å². The minimum absolute atomic E-state index is 0.0468. The second-order valence-corrected chi connectivity index (χ2v) is 8.60. The molecule has 1 fully saturated rings. The number of hydrogen-bond donors (Lipinski definition) is 1. The fourth-order valence-corrected chi connectivity index (χ4v) is 4.83. The highest BCUT2D eigenvalue weighted by Crippen LogP contribution is 2.32. The molecule has 32 heavy (non-hydrogen) atoms. The topological polar surface area (TPSA) is 119 Å². The summed E-state index contributed by atoms with van der Waals surface area (Å²) >= 11 is 1.29. The lowest BCUT2D eigenvalue weighted by molar-refractivity contribution is -0.122. The summed E-state index contributed by atoms with van der Waals surface area (Å²) in [4.78, 5) is 41.5. The van der Waals surface area contributed by atoms with Crippen LogP contribution in [0.1, 0.15) is 24.3 Å². The number of carbonyl (C=O) groups is 1. The van der Waals surface area contributed by atoms with Crippen LogP contribution in [0.15, 0.2) is 39.6 Å². The van der Waals surface area contributed by atoms with Crippen LogP contribution in [0.3, 0.4) is 0 Å². The summed E-state index contributed by atoms with van der Waals surface area (Å²) in [5.74, 6) is 0.904. The Labute approximate surface area is 186 Å². The van der Waals surface area contributed by atoms with E-state index in [9.17, 15) is 9.59 Å². The molecule has 3 aromatic heterocycles. The van der Waals surface area contributed by atoms with Crippen LogP contribution >= 0.6 is 11.3 Å². The lowest BCUT2D eigenvalue weighted by Crippen LogP contribution is -2.43. The number of fused-ring (bicyclic) bond motifs is 1. The molecule has 164 valence electrons. The first kappa shape index (κ1) is 20.3. The van der Waals surface area contributed by atoms with Gasteiger partial charge in [0.05, 0.1) is 0 Å². The molecule has 4 heterocycles. The van der Waals surface area contributed by atoms with Crippen LogP contribution in [0, 0.1) is 6.92 Å². The molecule has 0 spiro atoms. The minimum Gasteiger partial charge on any atom is -0.350 e. The molecule has 0 saturated carbocycles. The average molecular weight is 452 g/mol. The molecular formula is C21H21N7O3S. The van der Waals surface area contributed by atoms with E-state index in [1.165, 1.54) is 15.9 Å². The van der Waals surface area contributed by atoms with E-state index in [2.05, 4.69) is 25.4 Å². The van der Waals surface area contributed by atoms with Gasteiger partial charge in [0.1, 0.15) is 6.04 Å². The first-order chi connectivity index (χ1) is 15.5. The predicted molar refractivity (Wildman–Crippen MR) is 119 cm³/mol. The minimum atomic E-state index is -0.331. The van der Waals surface area contributed by atoms with Gasteiger partial charge in [-0.15, -0.1) is 0 Å². The zero-order valence-corrected chi connectivity index (χ0v) is 18.4. The van der Waals surface area contributed by atoms with Crippen molar-refractivity contribution in [2.24, 2.45) is 7.05 Å². The van der Waals surface area contributed by atoms with Crippen molar-refractivity contribution in [1.29, 1.82) is 0 Å². The van der Waals surface area contributed by atoms with Gasteiger partial charge in [0.25, 0.3) is 5.56 Å². The number of aryl methyl sites for hydroxylation is 1. The Hall–Kier alpha value is -3.60. The highest BCUT2D eigenvalue weighted by molar-refractivity contribution is 7.21. The number of thiazole rings is 1. The van der Waals surface area contributed by atoms with E-state index in [0.29, 0.717) is 34.8 Å². The largest absolute Gasteiger partial charge is 0.350 e. The molecule has 0 bridgehead atoms. The summed E-state index contributed by atoms with van der Waals surface area (Å²) in [6.45, 7) is 2.84. The summed E-state index contributed by atoms with van der Waals surface area (Å²) < 4.78 is 6.39. The Bertz CT molecular complexity index is 1340. The van der Waals surface area contributed by atoms with E-state index in [4.69, 9.17) is 4.52 Å². The Balaban J connectivity index is 1.42. The van der Waals surface area contributed by atoms with Crippen LogP contribution in [0.4, 0.5) is 5.13 Å². The number of anilines is 1. The SMILES string of the molecule is Cc1nc(-c2nc3sc(N4CCC[C@@H]4C(=O)NCc4ccccc4)nc3c(=O)n2C)no1. The zero-order chi connectivity index (χ0) is 22.2. The Kier molecular flexibility index (Phi) is 5.17. The van der Waals surface area contributed by atoms with Crippen LogP contribution < -0.4 is 15.8 Å². The van der Waals surface area contributed by atoms with Gasteiger partial charge in [0, 0.05) is 27.1 Å². The molecule has 1 aromatic carbocycles. The molecule has 10 nitrogen and oxygen atoms in total. The van der Waals surface area contributed by atoms with Crippen molar-refractivity contribution < 1.29 is 9.32 Å². The summed E-state index contributed by atoms with van der Waals surface area (Å²) in [5.41, 5.74) is 1.02. The number of hydrogen-bond acceptors (Lipinski definition) is 9. The predicted octanol–water partition coefficient (Wildman–Crippen LogP) is 2.03. The third kappa shape index (κ3) is 3.64. The van der Waals surface area contributed by atoms with Gasteiger partial charge in [-0.05, 0) is 18.4 Å². The van der Waals surface area contributed by atoms with Crippen molar-refractivity contribution in [1.82, 2.24) is 30.0 Å². The van der Waals surface area contributed by atoms with Crippen molar-refractivity contribution in [3.63, 3.8) is 0 Å². The third-order valence-corrected chi connectivity index (χ3v) is 6.45. The Morgan fingerprint density at radius 3 is 2.81 bits per heavy atom. The highest BCUT2D eigenvalue weighted by atomic mass is 32.1. The van der Waals surface area contributed by atoms with E-state index in [1.54, 1.807) is 14.0 Å². The molecule has 1 N–H and O–H groups in total. The summed E-state index contributed by atoms with van der Waals surface area (Å²) in [5, 5.41) is 7.50. The van der Waals surface area contributed by atoms with Crippen molar-refractivity contribution in [2.75, 3.05) is 11.4 Å². The second kappa shape index (κ2) is 8.15. The Morgan fingerprint density at radius 1 is 1.25 bits per heavy atom. The molecule has 0 unspecified atom stereocenters. The van der Waals surface area contributed by atoms with E-state index < -0.39 is 0 Å². The van der Waals surface area contributed by atoms with E-state index in [0.717, 1.165) is 18.4 Å². The van der Waals surface area contributed by atoms with E-state index in [1.807, 2.05) is 35.2 Å². The summed E-state index contributed by atoms with van der Waals surface area (Å²) in [7, 11) is 1.60. The fourth-order valence-electron chi connectivity index (χ4n) is 3.83. The lowest BCUT2D eigenvalue weighted by Gasteiger charge is -2.23. The smallest absolute Gasteiger partial charge is 0.281 e. The molecule has 1 amide bonds. The van der Waals surface area contributed by atoms with Crippen LogP contribution in [-0.2, 0) is 18.4 Å². The molecule has 0 radical (unpaired) electrons. The summed E-state index contributed by atoms with van der Waals surface area (Å²) in [6, 6.07) is 9.46. The number of nitrogens with one attached hydrogen (secondary N) is 1. The van der Waals surface area contributed by atoms with Crippen LogP contribution in [0.2, 0.25) is 0 Å². The first-order valence-electron chi connectivity index (χ1n) is 10.3. The monoisotopic (exact) mass is 451 g/mol.